The predicted octanol–water partition coefficient (Wildman–Crippen LogP) is 5.98. The van der Waals surface area contributed by atoms with E-state index in [0.717, 1.165) is 0 Å². The molecule has 18 heavy (non-hydrogen) atoms. The third-order valence-electron chi connectivity index (χ3n) is 4.16. The smallest absolute Gasteiger partial charge is 0.0213 e. The van der Waals surface area contributed by atoms with Crippen LogP contribution in [0.4, 0.5) is 0 Å². The number of benzene rings is 1. The van der Waals surface area contributed by atoms with E-state index in [9.17, 15) is 0 Å². The number of hydrogen-bond donors (Lipinski definition) is 0. The third kappa shape index (κ3) is 2.48. The van der Waals surface area contributed by atoms with Gasteiger partial charge in [0.25, 0.3) is 0 Å². The van der Waals surface area contributed by atoms with Crippen molar-refractivity contribution in [1.82, 2.24) is 0 Å². The Kier molecular flexibility index (Phi) is 4.64. The van der Waals surface area contributed by atoms with Crippen molar-refractivity contribution in [2.24, 2.45) is 0 Å². The van der Waals surface area contributed by atoms with Crippen molar-refractivity contribution in [3.8, 4) is 0 Å². The minimum atomic E-state index is 0.612. The van der Waals surface area contributed by atoms with E-state index >= 15 is 0 Å². The molecule has 102 valence electrons. The summed E-state index contributed by atoms with van der Waals surface area (Å²) in [6.07, 6.45) is 0. The maximum absolute atomic E-state index is 2.32. The molecule has 0 unspecified atom stereocenters. The Morgan fingerprint density at radius 2 is 0.611 bits per heavy atom. The second kappa shape index (κ2) is 5.47. The van der Waals surface area contributed by atoms with E-state index < -0.39 is 0 Å². The lowest BCUT2D eigenvalue weighted by Crippen LogP contribution is -2.10. The van der Waals surface area contributed by atoms with E-state index in [1.165, 1.54) is 16.7 Å². The molecule has 0 spiro atoms. The van der Waals surface area contributed by atoms with Crippen molar-refractivity contribution in [2.75, 3.05) is 0 Å². The molecule has 0 aliphatic rings. The average molecular weight is 246 g/mol. The third-order valence-corrected chi connectivity index (χ3v) is 4.16. The van der Waals surface area contributed by atoms with Gasteiger partial charge in [0.05, 0.1) is 0 Å². The lowest BCUT2D eigenvalue weighted by molar-refractivity contribution is 0.768. The normalized spacial score (nSPS) is 12.0. The summed E-state index contributed by atoms with van der Waals surface area (Å²) in [5.41, 5.74) is 9.31. The Hall–Kier alpha value is -0.780. The first-order valence-electron chi connectivity index (χ1n) is 7.33. The van der Waals surface area contributed by atoms with Gasteiger partial charge in [-0.3, -0.25) is 0 Å². The second-order valence-electron chi connectivity index (χ2n) is 6.58. The van der Waals surface area contributed by atoms with Crippen LogP contribution in [0.3, 0.4) is 0 Å². The molecular formula is C18H30. The molecule has 0 fully saturated rings. The van der Waals surface area contributed by atoms with Crippen molar-refractivity contribution < 1.29 is 0 Å². The Morgan fingerprint density at radius 3 is 0.722 bits per heavy atom. The highest BCUT2D eigenvalue weighted by Gasteiger charge is 2.21. The maximum Gasteiger partial charge on any atom is -0.0213 e. The van der Waals surface area contributed by atoms with Crippen LogP contribution in [0, 0.1) is 20.8 Å². The van der Waals surface area contributed by atoms with Crippen LogP contribution in [0.1, 0.15) is 92.7 Å². The first-order valence-corrected chi connectivity index (χ1v) is 7.33. The Labute approximate surface area is 114 Å². The standard InChI is InChI=1S/C18H30/c1-10(2)16-13(7)17(11(3)4)15(9)18(12(5)6)14(16)8/h10-12H,1-9H3. The SMILES string of the molecule is Cc1c(C(C)C)c(C)c(C(C)C)c(C)c1C(C)C. The van der Waals surface area contributed by atoms with Crippen LogP contribution in [-0.2, 0) is 0 Å². The Bertz CT molecular complexity index is 346. The summed E-state index contributed by atoms with van der Waals surface area (Å²) in [4.78, 5) is 0. The highest BCUT2D eigenvalue weighted by atomic mass is 14.3. The summed E-state index contributed by atoms with van der Waals surface area (Å²) >= 11 is 0. The van der Waals surface area contributed by atoms with Gasteiger partial charge < -0.3 is 0 Å². The minimum Gasteiger partial charge on any atom is -0.0587 e. The van der Waals surface area contributed by atoms with Gasteiger partial charge in [-0.1, -0.05) is 41.5 Å². The van der Waals surface area contributed by atoms with Crippen molar-refractivity contribution in [1.29, 1.82) is 0 Å². The topological polar surface area (TPSA) is 0 Å². The fourth-order valence-electron chi connectivity index (χ4n) is 3.88. The lowest BCUT2D eigenvalue weighted by atomic mass is 9.78. The van der Waals surface area contributed by atoms with Crippen LogP contribution >= 0.6 is 0 Å². The van der Waals surface area contributed by atoms with E-state index in [1.807, 2.05) is 0 Å². The molecule has 0 atom stereocenters. The van der Waals surface area contributed by atoms with Gasteiger partial charge in [-0.15, -0.1) is 0 Å². The molecule has 0 saturated heterocycles. The molecule has 0 heteroatoms. The predicted molar refractivity (Wildman–Crippen MR) is 82.9 cm³/mol. The second-order valence-corrected chi connectivity index (χ2v) is 6.58. The molecule has 0 heterocycles. The van der Waals surface area contributed by atoms with Crippen LogP contribution in [0.15, 0.2) is 0 Å². The zero-order valence-electron chi connectivity index (χ0n) is 13.7. The monoisotopic (exact) mass is 246 g/mol. The van der Waals surface area contributed by atoms with Crippen molar-refractivity contribution in [2.45, 2.75) is 80.1 Å². The first kappa shape index (κ1) is 15.3. The summed E-state index contributed by atoms with van der Waals surface area (Å²) < 4.78 is 0. The van der Waals surface area contributed by atoms with E-state index in [4.69, 9.17) is 0 Å². The van der Waals surface area contributed by atoms with Gasteiger partial charge in [-0.2, -0.15) is 0 Å². The molecule has 0 aliphatic heterocycles. The van der Waals surface area contributed by atoms with Gasteiger partial charge in [0.2, 0.25) is 0 Å². The summed E-state index contributed by atoms with van der Waals surface area (Å²) in [5, 5.41) is 0. The average Bonchev–Trinajstić information content (AvgIpc) is 2.14. The van der Waals surface area contributed by atoms with Crippen molar-refractivity contribution >= 4 is 0 Å². The van der Waals surface area contributed by atoms with Gasteiger partial charge in [0.15, 0.2) is 0 Å². The van der Waals surface area contributed by atoms with Crippen LogP contribution in [0.2, 0.25) is 0 Å². The summed E-state index contributed by atoms with van der Waals surface area (Å²) in [5.74, 6) is 1.83. The molecule has 0 nitrogen and oxygen atoms in total. The zero-order valence-corrected chi connectivity index (χ0v) is 13.7. The fourth-order valence-corrected chi connectivity index (χ4v) is 3.88. The van der Waals surface area contributed by atoms with E-state index in [0.29, 0.717) is 17.8 Å². The molecule has 0 aromatic heterocycles. The first-order chi connectivity index (χ1) is 8.20. The number of rotatable bonds is 3. The van der Waals surface area contributed by atoms with E-state index in [1.54, 1.807) is 16.7 Å². The summed E-state index contributed by atoms with van der Waals surface area (Å²) in [6, 6.07) is 0. The van der Waals surface area contributed by atoms with Crippen LogP contribution in [-0.4, -0.2) is 0 Å². The molecule has 0 bridgehead atoms. The molecule has 1 aromatic carbocycles. The molecular weight excluding hydrogens is 216 g/mol. The fraction of sp³-hybridized carbons (Fsp3) is 0.667. The highest BCUT2D eigenvalue weighted by molar-refractivity contribution is 5.53. The van der Waals surface area contributed by atoms with Gasteiger partial charge in [-0.05, 0) is 71.9 Å². The van der Waals surface area contributed by atoms with E-state index in [2.05, 4.69) is 62.3 Å². The van der Waals surface area contributed by atoms with Gasteiger partial charge in [0.1, 0.15) is 0 Å². The maximum atomic E-state index is 2.32. The zero-order chi connectivity index (χ0) is 14.2. The van der Waals surface area contributed by atoms with Crippen LogP contribution in [0.25, 0.3) is 0 Å². The van der Waals surface area contributed by atoms with Crippen LogP contribution < -0.4 is 0 Å². The van der Waals surface area contributed by atoms with Gasteiger partial charge >= 0.3 is 0 Å². The summed E-state index contributed by atoms with van der Waals surface area (Å²) in [6.45, 7) is 20.9. The molecule has 1 rings (SSSR count). The van der Waals surface area contributed by atoms with E-state index in [-0.39, 0.29) is 0 Å². The molecule has 0 amide bonds. The van der Waals surface area contributed by atoms with Gasteiger partial charge in [-0.25, -0.2) is 0 Å². The molecule has 0 radical (unpaired) electrons. The quantitative estimate of drug-likeness (QED) is 0.615. The Morgan fingerprint density at radius 1 is 0.444 bits per heavy atom. The lowest BCUT2D eigenvalue weighted by Gasteiger charge is -2.27. The number of hydrogen-bond acceptors (Lipinski definition) is 0. The molecule has 0 saturated carbocycles. The Balaban J connectivity index is 3.76. The largest absolute Gasteiger partial charge is 0.0587 e. The van der Waals surface area contributed by atoms with Crippen molar-refractivity contribution in [3.05, 3.63) is 33.4 Å². The molecule has 0 N–H and O–H groups in total. The minimum absolute atomic E-state index is 0.612. The van der Waals surface area contributed by atoms with Crippen molar-refractivity contribution in [3.63, 3.8) is 0 Å². The summed E-state index contributed by atoms with van der Waals surface area (Å²) in [7, 11) is 0. The van der Waals surface area contributed by atoms with Crippen LogP contribution in [0.5, 0.6) is 0 Å². The molecule has 0 aliphatic carbocycles. The molecule has 1 aromatic rings. The van der Waals surface area contributed by atoms with Gasteiger partial charge in [0, 0.05) is 0 Å². The highest BCUT2D eigenvalue weighted by Crippen LogP contribution is 2.38.